The van der Waals surface area contributed by atoms with Gasteiger partial charge in [0.05, 0.1) is 19.4 Å². The first-order valence-electron chi connectivity index (χ1n) is 10.7. The molecule has 1 saturated heterocycles. The number of nitrogens with one attached hydrogen (secondary N) is 2. The summed E-state index contributed by atoms with van der Waals surface area (Å²) in [5, 5.41) is 8.17. The van der Waals surface area contributed by atoms with Crippen LogP contribution in [0.1, 0.15) is 51.0 Å². The minimum absolute atomic E-state index is 0.622. The Morgan fingerprint density at radius 2 is 1.82 bits per heavy atom. The van der Waals surface area contributed by atoms with Gasteiger partial charge in [-0.3, -0.25) is 10.00 Å². The molecule has 28 heavy (non-hydrogen) atoms. The molecule has 1 saturated carbocycles. The van der Waals surface area contributed by atoms with E-state index in [1.807, 2.05) is 32.4 Å². The molecular weight excluding hydrogens is 350 g/mol. The molecule has 1 aliphatic heterocycles. The van der Waals surface area contributed by atoms with Crippen molar-refractivity contribution in [2.24, 2.45) is 0 Å². The Hall–Kier alpha value is -2.18. The lowest BCUT2D eigenvalue weighted by Crippen LogP contribution is -2.44. The number of aromatic nitrogens is 4. The molecule has 0 spiro atoms. The van der Waals surface area contributed by atoms with Crippen LogP contribution >= 0.6 is 0 Å². The normalized spacial score (nSPS) is 23.4. The number of morpholine rings is 1. The van der Waals surface area contributed by atoms with Crippen molar-refractivity contribution in [2.45, 2.75) is 51.5 Å². The summed E-state index contributed by atoms with van der Waals surface area (Å²) in [5.41, 5.74) is 4.60. The lowest BCUT2D eigenvalue weighted by molar-refractivity contribution is 0.00729. The van der Waals surface area contributed by atoms with Crippen LogP contribution in [-0.2, 0) is 4.74 Å². The quantitative estimate of drug-likeness (QED) is 0.708. The molecule has 6 nitrogen and oxygen atoms in total. The van der Waals surface area contributed by atoms with Crippen LogP contribution in [-0.4, -0.2) is 57.4 Å². The molecule has 3 aromatic rings. The third kappa shape index (κ3) is 3.84. The summed E-state index contributed by atoms with van der Waals surface area (Å²) in [6.07, 6.45) is 13.0. The Morgan fingerprint density at radius 3 is 2.54 bits per heavy atom. The number of hydrogen-bond donors (Lipinski definition) is 2. The second-order valence-corrected chi connectivity index (χ2v) is 7.51. The molecule has 2 fully saturated rings. The monoisotopic (exact) mass is 381 g/mol. The molecule has 150 valence electrons. The van der Waals surface area contributed by atoms with E-state index in [9.17, 15) is 0 Å². The topological polar surface area (TPSA) is 69.8 Å². The number of hydrogen-bond acceptors (Lipinski definition) is 4. The SMILES string of the molecule is CC.c1n[nH]cc1-c1c[nH]c2ncc(C3CCC(N4CCOCC4)CC3)cc12. The van der Waals surface area contributed by atoms with Gasteiger partial charge in [-0.25, -0.2) is 4.98 Å². The Bertz CT molecular complexity index is 858. The minimum Gasteiger partial charge on any atom is -0.379 e. The maximum Gasteiger partial charge on any atom is 0.137 e. The molecular formula is C22H31N5O. The minimum atomic E-state index is 0.622. The van der Waals surface area contributed by atoms with Gasteiger partial charge >= 0.3 is 0 Å². The van der Waals surface area contributed by atoms with Gasteiger partial charge in [0.2, 0.25) is 0 Å². The highest BCUT2D eigenvalue weighted by atomic mass is 16.5. The van der Waals surface area contributed by atoms with Crippen molar-refractivity contribution in [1.82, 2.24) is 25.1 Å². The maximum atomic E-state index is 5.50. The fourth-order valence-corrected chi connectivity index (χ4v) is 4.60. The van der Waals surface area contributed by atoms with E-state index in [1.54, 1.807) is 0 Å². The first-order chi connectivity index (χ1) is 13.9. The van der Waals surface area contributed by atoms with Gasteiger partial charge in [0, 0.05) is 54.2 Å². The number of H-pyrrole nitrogens is 2. The molecule has 0 bridgehead atoms. The summed E-state index contributed by atoms with van der Waals surface area (Å²) in [7, 11) is 0. The number of nitrogens with zero attached hydrogens (tertiary/aromatic N) is 3. The molecule has 0 aromatic carbocycles. The number of aromatic amines is 2. The van der Waals surface area contributed by atoms with Crippen LogP contribution in [0.5, 0.6) is 0 Å². The fourth-order valence-electron chi connectivity index (χ4n) is 4.60. The zero-order chi connectivity index (χ0) is 19.3. The van der Waals surface area contributed by atoms with Crippen LogP contribution in [0, 0.1) is 0 Å². The Labute approximate surface area is 166 Å². The van der Waals surface area contributed by atoms with Crippen molar-refractivity contribution in [3.8, 4) is 11.1 Å². The fraction of sp³-hybridized carbons (Fsp3) is 0.545. The average molecular weight is 382 g/mol. The predicted octanol–water partition coefficient (Wildman–Crippen LogP) is 4.34. The van der Waals surface area contributed by atoms with Gasteiger partial charge in [-0.05, 0) is 43.2 Å². The zero-order valence-corrected chi connectivity index (χ0v) is 16.9. The molecule has 0 unspecified atom stereocenters. The van der Waals surface area contributed by atoms with Crippen molar-refractivity contribution in [3.05, 3.63) is 36.4 Å². The van der Waals surface area contributed by atoms with E-state index in [4.69, 9.17) is 4.74 Å². The summed E-state index contributed by atoms with van der Waals surface area (Å²) >= 11 is 0. The third-order valence-electron chi connectivity index (χ3n) is 6.09. The van der Waals surface area contributed by atoms with Crippen LogP contribution in [0.3, 0.4) is 0 Å². The summed E-state index contributed by atoms with van der Waals surface area (Å²) in [6.45, 7) is 7.98. The second-order valence-electron chi connectivity index (χ2n) is 7.51. The van der Waals surface area contributed by atoms with E-state index in [1.165, 1.54) is 42.2 Å². The number of rotatable bonds is 3. The molecule has 3 aromatic heterocycles. The number of ether oxygens (including phenoxy) is 1. The van der Waals surface area contributed by atoms with Crippen LogP contribution in [0.15, 0.2) is 30.9 Å². The molecule has 2 N–H and O–H groups in total. The van der Waals surface area contributed by atoms with Gasteiger partial charge in [-0.1, -0.05) is 13.8 Å². The highest BCUT2D eigenvalue weighted by Crippen LogP contribution is 2.37. The van der Waals surface area contributed by atoms with Crippen molar-refractivity contribution < 1.29 is 4.74 Å². The molecule has 4 heterocycles. The van der Waals surface area contributed by atoms with Gasteiger partial charge < -0.3 is 9.72 Å². The average Bonchev–Trinajstić information content (AvgIpc) is 3.45. The largest absolute Gasteiger partial charge is 0.379 e. The Balaban J connectivity index is 0.000000932. The molecule has 0 radical (unpaired) electrons. The first-order valence-corrected chi connectivity index (χ1v) is 10.7. The van der Waals surface area contributed by atoms with Crippen molar-refractivity contribution in [1.29, 1.82) is 0 Å². The molecule has 0 amide bonds. The van der Waals surface area contributed by atoms with Crippen molar-refractivity contribution in [2.75, 3.05) is 26.3 Å². The third-order valence-corrected chi connectivity index (χ3v) is 6.09. The van der Waals surface area contributed by atoms with Gasteiger partial charge in [0.25, 0.3) is 0 Å². The predicted molar refractivity (Wildman–Crippen MR) is 112 cm³/mol. The van der Waals surface area contributed by atoms with E-state index in [-0.39, 0.29) is 0 Å². The van der Waals surface area contributed by atoms with Crippen molar-refractivity contribution >= 4 is 11.0 Å². The van der Waals surface area contributed by atoms with Crippen LogP contribution in [0.25, 0.3) is 22.2 Å². The lowest BCUT2D eigenvalue weighted by Gasteiger charge is -2.38. The van der Waals surface area contributed by atoms with Crippen LogP contribution < -0.4 is 0 Å². The van der Waals surface area contributed by atoms with E-state index in [0.29, 0.717) is 5.92 Å². The summed E-state index contributed by atoms with van der Waals surface area (Å²) in [6, 6.07) is 3.07. The summed E-state index contributed by atoms with van der Waals surface area (Å²) in [5.74, 6) is 0.622. The first kappa shape index (κ1) is 19.2. The molecule has 0 atom stereocenters. The summed E-state index contributed by atoms with van der Waals surface area (Å²) in [4.78, 5) is 10.6. The van der Waals surface area contributed by atoms with Crippen LogP contribution in [0.2, 0.25) is 0 Å². The highest BCUT2D eigenvalue weighted by molar-refractivity contribution is 5.93. The number of fused-ring (bicyclic) bond motifs is 1. The Morgan fingerprint density at radius 1 is 1.04 bits per heavy atom. The Kier molecular flexibility index (Phi) is 6.07. The van der Waals surface area contributed by atoms with Gasteiger partial charge in [0.1, 0.15) is 5.65 Å². The molecule has 5 rings (SSSR count). The summed E-state index contributed by atoms with van der Waals surface area (Å²) < 4.78 is 5.50. The molecule has 6 heteroatoms. The molecule has 1 aliphatic carbocycles. The van der Waals surface area contributed by atoms with Crippen LogP contribution in [0.4, 0.5) is 0 Å². The second kappa shape index (κ2) is 8.88. The molecule has 2 aliphatic rings. The van der Waals surface area contributed by atoms with Gasteiger partial charge in [0.15, 0.2) is 0 Å². The van der Waals surface area contributed by atoms with Gasteiger partial charge in [-0.2, -0.15) is 5.10 Å². The van der Waals surface area contributed by atoms with E-state index < -0.39 is 0 Å². The zero-order valence-electron chi connectivity index (χ0n) is 16.9. The standard InChI is InChI=1S/C20H25N5O.C2H6/c1-3-17(25-5-7-26-8-6-25)4-2-14(1)15-9-18-19(16-11-23-24-12-16)13-22-20(18)21-10-15;1-2/h9-14,17H,1-8H2,(H,21,22)(H,23,24);1-2H3. The number of pyridine rings is 1. The van der Waals surface area contributed by atoms with E-state index in [0.717, 1.165) is 43.6 Å². The van der Waals surface area contributed by atoms with Crippen molar-refractivity contribution in [3.63, 3.8) is 0 Å². The smallest absolute Gasteiger partial charge is 0.137 e. The van der Waals surface area contributed by atoms with Gasteiger partial charge in [-0.15, -0.1) is 0 Å². The highest BCUT2D eigenvalue weighted by Gasteiger charge is 2.28. The van der Waals surface area contributed by atoms with E-state index in [2.05, 4.69) is 37.3 Å². The lowest BCUT2D eigenvalue weighted by atomic mass is 9.81. The van der Waals surface area contributed by atoms with E-state index >= 15 is 0 Å². The maximum absolute atomic E-state index is 5.50.